The monoisotopic (exact) mass is 526 g/mol. The van der Waals surface area contributed by atoms with Gasteiger partial charge in [0.15, 0.2) is 0 Å². The van der Waals surface area contributed by atoms with Crippen molar-refractivity contribution in [2.24, 2.45) is 0 Å². The van der Waals surface area contributed by atoms with Crippen LogP contribution in [0, 0.1) is 17.0 Å². The number of nitrogens with zero attached hydrogens (tertiary/aromatic N) is 4. The highest BCUT2D eigenvalue weighted by atomic mass is 32.1. The van der Waals surface area contributed by atoms with Crippen LogP contribution >= 0.6 is 11.3 Å². The van der Waals surface area contributed by atoms with Gasteiger partial charge in [0.05, 0.1) is 27.2 Å². The van der Waals surface area contributed by atoms with Gasteiger partial charge in [-0.15, -0.1) is 17.9 Å². The van der Waals surface area contributed by atoms with E-state index in [1.807, 2.05) is 31.2 Å². The second kappa shape index (κ2) is 9.98. The number of hydrogen-bond donors (Lipinski definition) is 0. The summed E-state index contributed by atoms with van der Waals surface area (Å²) in [6, 6.07) is 17.3. The fourth-order valence-electron chi connectivity index (χ4n) is 4.45. The molecule has 3 aromatic carbocycles. The van der Waals surface area contributed by atoms with E-state index < -0.39 is 28.7 Å². The first-order chi connectivity index (χ1) is 18.3. The number of amides is 3. The maximum atomic E-state index is 13.4. The Balaban J connectivity index is 1.39. The molecule has 0 N–H and O–H groups in total. The number of benzene rings is 3. The minimum absolute atomic E-state index is 0.00489. The Bertz CT molecular complexity index is 1610. The van der Waals surface area contributed by atoms with Crippen molar-refractivity contribution in [2.45, 2.75) is 19.4 Å². The summed E-state index contributed by atoms with van der Waals surface area (Å²) < 4.78 is 1.08. The van der Waals surface area contributed by atoms with Crippen molar-refractivity contribution in [1.29, 1.82) is 0 Å². The standard InChI is InChI=1S/C28H22N4O5S/c1-3-13-30(27(34)19-5-4-6-21(15-19)32(36)37)23-16-25(33)31(28(23)35)20-10-8-18(9-11-20)26-29-22-12-7-17(2)14-24(22)38-26/h3-12,14-15,23H,1,13,16H2,2H3. The predicted molar refractivity (Wildman–Crippen MR) is 145 cm³/mol. The normalized spacial score (nSPS) is 15.2. The lowest BCUT2D eigenvalue weighted by Crippen LogP contribution is -2.45. The summed E-state index contributed by atoms with van der Waals surface area (Å²) in [5, 5.41) is 12.0. The van der Waals surface area contributed by atoms with Crippen molar-refractivity contribution in [3.63, 3.8) is 0 Å². The van der Waals surface area contributed by atoms with Crippen LogP contribution in [-0.4, -0.2) is 45.1 Å². The Hall–Kier alpha value is -4.70. The molecule has 1 unspecified atom stereocenters. The van der Waals surface area contributed by atoms with Crippen molar-refractivity contribution >= 4 is 50.6 Å². The fourth-order valence-corrected chi connectivity index (χ4v) is 5.52. The summed E-state index contributed by atoms with van der Waals surface area (Å²) in [5.74, 6) is -1.58. The molecular weight excluding hydrogens is 504 g/mol. The molecule has 1 fully saturated rings. The first-order valence-electron chi connectivity index (χ1n) is 11.8. The van der Waals surface area contributed by atoms with Crippen LogP contribution in [0.2, 0.25) is 0 Å². The molecule has 1 aromatic heterocycles. The highest BCUT2D eigenvalue weighted by Gasteiger charge is 2.44. The van der Waals surface area contributed by atoms with Crippen LogP contribution in [0.3, 0.4) is 0 Å². The Labute approximate surface area is 221 Å². The van der Waals surface area contributed by atoms with Gasteiger partial charge in [0, 0.05) is 29.8 Å². The van der Waals surface area contributed by atoms with Gasteiger partial charge in [0.25, 0.3) is 17.5 Å². The van der Waals surface area contributed by atoms with Crippen LogP contribution in [-0.2, 0) is 9.59 Å². The minimum atomic E-state index is -1.06. The maximum Gasteiger partial charge on any atom is 0.270 e. The molecule has 0 spiro atoms. The average molecular weight is 527 g/mol. The highest BCUT2D eigenvalue weighted by molar-refractivity contribution is 7.21. The second-order valence-corrected chi connectivity index (χ2v) is 9.91. The Morgan fingerprint density at radius 3 is 2.66 bits per heavy atom. The van der Waals surface area contributed by atoms with Crippen molar-refractivity contribution in [1.82, 2.24) is 9.88 Å². The molecule has 10 heteroatoms. The molecular formula is C28H22N4O5S. The van der Waals surface area contributed by atoms with Crippen LogP contribution in [0.5, 0.6) is 0 Å². The number of nitro groups is 1. The Kier molecular flexibility index (Phi) is 6.56. The largest absolute Gasteiger partial charge is 0.322 e. The summed E-state index contributed by atoms with van der Waals surface area (Å²) in [7, 11) is 0. The third-order valence-corrected chi connectivity index (χ3v) is 7.37. The number of anilines is 1. The van der Waals surface area contributed by atoms with E-state index in [1.54, 1.807) is 23.5 Å². The van der Waals surface area contributed by atoms with Crippen molar-refractivity contribution in [3.8, 4) is 10.6 Å². The first-order valence-corrected chi connectivity index (χ1v) is 12.6. The number of aromatic nitrogens is 1. The second-order valence-electron chi connectivity index (χ2n) is 8.88. The smallest absolute Gasteiger partial charge is 0.270 e. The molecule has 190 valence electrons. The third kappa shape index (κ3) is 4.57. The molecule has 9 nitrogen and oxygen atoms in total. The number of aryl methyl sites for hydroxylation is 1. The van der Waals surface area contributed by atoms with E-state index in [4.69, 9.17) is 0 Å². The molecule has 5 rings (SSSR count). The van der Waals surface area contributed by atoms with E-state index in [1.165, 1.54) is 29.2 Å². The fraction of sp³-hybridized carbons (Fsp3) is 0.143. The van der Waals surface area contributed by atoms with E-state index in [0.717, 1.165) is 37.3 Å². The number of nitro benzene ring substituents is 1. The van der Waals surface area contributed by atoms with Gasteiger partial charge in [-0.2, -0.15) is 0 Å². The number of non-ortho nitro benzene ring substituents is 1. The zero-order valence-corrected chi connectivity index (χ0v) is 21.2. The Morgan fingerprint density at radius 1 is 1.18 bits per heavy atom. The molecule has 0 bridgehead atoms. The zero-order valence-electron chi connectivity index (χ0n) is 20.4. The van der Waals surface area contributed by atoms with E-state index in [2.05, 4.69) is 17.6 Å². The lowest BCUT2D eigenvalue weighted by molar-refractivity contribution is -0.384. The molecule has 38 heavy (non-hydrogen) atoms. The number of rotatable bonds is 7. The van der Waals surface area contributed by atoms with E-state index in [0.29, 0.717) is 5.69 Å². The van der Waals surface area contributed by atoms with Crippen molar-refractivity contribution in [3.05, 3.63) is 101 Å². The highest BCUT2D eigenvalue weighted by Crippen LogP contribution is 2.33. The average Bonchev–Trinajstić information content (AvgIpc) is 3.46. The van der Waals surface area contributed by atoms with Gasteiger partial charge in [-0.3, -0.25) is 24.5 Å². The predicted octanol–water partition coefficient (Wildman–Crippen LogP) is 5.14. The van der Waals surface area contributed by atoms with Gasteiger partial charge in [-0.05, 0) is 55.0 Å². The molecule has 1 aliphatic rings. The summed E-state index contributed by atoms with van der Waals surface area (Å²) in [5.41, 5.74) is 3.12. The number of carbonyl (C=O) groups is 3. The molecule has 4 aromatic rings. The number of fused-ring (bicyclic) bond motifs is 1. The quantitative estimate of drug-likeness (QED) is 0.143. The van der Waals surface area contributed by atoms with E-state index in [-0.39, 0.29) is 24.2 Å². The van der Waals surface area contributed by atoms with Gasteiger partial charge in [0.2, 0.25) is 5.91 Å². The number of thiazole rings is 1. The lowest BCUT2D eigenvalue weighted by Gasteiger charge is -2.26. The lowest BCUT2D eigenvalue weighted by atomic mass is 10.1. The Morgan fingerprint density at radius 2 is 1.95 bits per heavy atom. The minimum Gasteiger partial charge on any atom is -0.322 e. The third-order valence-electron chi connectivity index (χ3n) is 6.31. The van der Waals surface area contributed by atoms with Gasteiger partial charge >= 0.3 is 0 Å². The van der Waals surface area contributed by atoms with Crippen LogP contribution < -0.4 is 4.90 Å². The summed E-state index contributed by atoms with van der Waals surface area (Å²) in [6.07, 6.45) is 1.25. The SMILES string of the molecule is C=CCN(C(=O)c1cccc([N+](=O)[O-])c1)C1CC(=O)N(c2ccc(-c3nc4ccc(C)cc4s3)cc2)C1=O. The van der Waals surface area contributed by atoms with Gasteiger partial charge < -0.3 is 4.90 Å². The maximum absolute atomic E-state index is 13.4. The van der Waals surface area contributed by atoms with Crippen molar-refractivity contribution < 1.29 is 19.3 Å². The number of carbonyl (C=O) groups excluding carboxylic acids is 3. The molecule has 2 heterocycles. The van der Waals surface area contributed by atoms with Gasteiger partial charge in [-0.1, -0.05) is 18.2 Å². The van der Waals surface area contributed by atoms with Gasteiger partial charge in [-0.25, -0.2) is 9.88 Å². The molecule has 0 aliphatic carbocycles. The van der Waals surface area contributed by atoms with Crippen LogP contribution in [0.4, 0.5) is 11.4 Å². The van der Waals surface area contributed by atoms with Crippen LogP contribution in [0.25, 0.3) is 20.8 Å². The topological polar surface area (TPSA) is 114 Å². The summed E-state index contributed by atoms with van der Waals surface area (Å²) in [4.78, 5) is 57.1. The zero-order chi connectivity index (χ0) is 27.0. The molecule has 0 saturated carbocycles. The van der Waals surface area contributed by atoms with Crippen LogP contribution in [0.15, 0.2) is 79.4 Å². The molecule has 1 aliphatic heterocycles. The molecule has 1 atom stereocenters. The molecule has 0 radical (unpaired) electrons. The van der Waals surface area contributed by atoms with E-state index in [9.17, 15) is 24.5 Å². The van der Waals surface area contributed by atoms with Crippen molar-refractivity contribution in [2.75, 3.05) is 11.4 Å². The summed E-state index contributed by atoms with van der Waals surface area (Å²) >= 11 is 1.56. The van der Waals surface area contributed by atoms with Gasteiger partial charge in [0.1, 0.15) is 11.0 Å². The van der Waals surface area contributed by atoms with E-state index >= 15 is 0 Å². The number of hydrogen-bond acceptors (Lipinski definition) is 7. The summed E-state index contributed by atoms with van der Waals surface area (Å²) in [6.45, 7) is 5.68. The number of imide groups is 1. The molecule has 1 saturated heterocycles. The first kappa shape index (κ1) is 25.0. The molecule has 3 amide bonds. The van der Waals surface area contributed by atoms with Crippen LogP contribution in [0.1, 0.15) is 22.3 Å².